The fourth-order valence-electron chi connectivity index (χ4n) is 4.24. The highest BCUT2D eigenvalue weighted by Crippen LogP contribution is 2.29. The third kappa shape index (κ3) is 6.91. The number of hydrogen-bond donors (Lipinski definition) is 0. The van der Waals surface area contributed by atoms with E-state index in [1.54, 1.807) is 26.5 Å². The van der Waals surface area contributed by atoms with Crippen LogP contribution < -0.4 is 14.2 Å². The van der Waals surface area contributed by atoms with Crippen molar-refractivity contribution in [1.82, 2.24) is 14.5 Å². The molecule has 1 aromatic heterocycles. The Bertz CT molecular complexity index is 1120. The monoisotopic (exact) mass is 515 g/mol. The molecule has 0 spiro atoms. The smallest absolute Gasteiger partial charge is 0.161 e. The molecule has 1 aliphatic rings. The summed E-state index contributed by atoms with van der Waals surface area (Å²) in [6, 6.07) is 13.4. The van der Waals surface area contributed by atoms with Gasteiger partial charge in [-0.25, -0.2) is 4.98 Å². The van der Waals surface area contributed by atoms with Crippen LogP contribution in [0.3, 0.4) is 0 Å². The topological polar surface area (TPSA) is 67.2 Å². The van der Waals surface area contributed by atoms with Gasteiger partial charge in [0.1, 0.15) is 30.4 Å². The van der Waals surface area contributed by atoms with Gasteiger partial charge in [0.15, 0.2) is 11.5 Å². The molecule has 0 radical (unpaired) electrons. The molecule has 8 nitrogen and oxygen atoms in total. The maximum atomic E-state index is 6.11. The van der Waals surface area contributed by atoms with Crippen LogP contribution in [-0.2, 0) is 22.6 Å². The summed E-state index contributed by atoms with van der Waals surface area (Å²) in [5.41, 5.74) is 0.514. The highest BCUT2D eigenvalue weighted by atomic mass is 35.5. The van der Waals surface area contributed by atoms with Gasteiger partial charge in [-0.1, -0.05) is 23.7 Å². The van der Waals surface area contributed by atoms with Crippen LogP contribution in [0, 0.1) is 6.92 Å². The molecule has 1 fully saturated rings. The molecule has 194 valence electrons. The number of benzene rings is 2. The molecule has 2 aromatic carbocycles. The van der Waals surface area contributed by atoms with Crippen LogP contribution in [0.25, 0.3) is 0 Å². The second-order valence-corrected chi connectivity index (χ2v) is 9.33. The van der Waals surface area contributed by atoms with Gasteiger partial charge < -0.3 is 28.3 Å². The summed E-state index contributed by atoms with van der Waals surface area (Å²) in [6.07, 6.45) is 3.74. The number of aromatic nitrogens is 2. The van der Waals surface area contributed by atoms with Gasteiger partial charge in [-0.05, 0) is 42.8 Å². The summed E-state index contributed by atoms with van der Waals surface area (Å²) in [5, 5.41) is 0.635. The molecule has 4 rings (SSSR count). The van der Waals surface area contributed by atoms with E-state index in [1.165, 1.54) is 0 Å². The third-order valence-corrected chi connectivity index (χ3v) is 6.54. The summed E-state index contributed by atoms with van der Waals surface area (Å²) < 4.78 is 31.6. The lowest BCUT2D eigenvalue weighted by Gasteiger charge is -2.34. The summed E-state index contributed by atoms with van der Waals surface area (Å²) in [5.74, 6) is 3.10. The first-order valence-corrected chi connectivity index (χ1v) is 12.4. The van der Waals surface area contributed by atoms with E-state index >= 15 is 0 Å². The molecular weight excluding hydrogens is 482 g/mol. The van der Waals surface area contributed by atoms with E-state index in [-0.39, 0.29) is 0 Å². The molecule has 2 heterocycles. The Morgan fingerprint density at radius 2 is 2.00 bits per heavy atom. The predicted molar refractivity (Wildman–Crippen MR) is 138 cm³/mol. The van der Waals surface area contributed by atoms with Gasteiger partial charge in [0.2, 0.25) is 0 Å². The molecule has 0 saturated carbocycles. The molecule has 0 aliphatic carbocycles. The number of hydrogen-bond acceptors (Lipinski definition) is 7. The number of methoxy groups -OCH3 is 2. The van der Waals surface area contributed by atoms with Crippen LogP contribution >= 0.6 is 11.6 Å². The molecule has 36 heavy (non-hydrogen) atoms. The average Bonchev–Trinajstić information content (AvgIpc) is 3.18. The van der Waals surface area contributed by atoms with Crippen molar-refractivity contribution in [3.05, 3.63) is 71.3 Å². The molecule has 0 unspecified atom stereocenters. The average molecular weight is 516 g/mol. The second-order valence-electron chi connectivity index (χ2n) is 8.90. The highest BCUT2D eigenvalue weighted by molar-refractivity contribution is 6.30. The largest absolute Gasteiger partial charge is 0.493 e. The van der Waals surface area contributed by atoms with Crippen molar-refractivity contribution in [3.63, 3.8) is 0 Å². The van der Waals surface area contributed by atoms with Crippen LogP contribution in [-0.4, -0.2) is 73.8 Å². The number of aryl methyl sites for hydroxylation is 1. The quantitative estimate of drug-likeness (QED) is 0.378. The van der Waals surface area contributed by atoms with Gasteiger partial charge in [-0.2, -0.15) is 0 Å². The lowest BCUT2D eigenvalue weighted by molar-refractivity contribution is -0.0925. The van der Waals surface area contributed by atoms with Crippen LogP contribution in [0.5, 0.6) is 17.2 Å². The van der Waals surface area contributed by atoms with Crippen LogP contribution in [0.15, 0.2) is 54.9 Å². The standard InChI is InChI=1S/C27H34ClN3O5/c1-21-29-9-10-31(21)12-14-35-26-15-22(7-8-25(26)32-2)17-30-11-13-34-19-27(18-30,33-3)20-36-24-6-4-5-23(28)16-24/h4-10,15-16H,11-14,17-20H2,1-3H3/t27-/m1/s1. The zero-order valence-electron chi connectivity index (χ0n) is 21.1. The second kappa shape index (κ2) is 12.5. The van der Waals surface area contributed by atoms with E-state index in [0.29, 0.717) is 62.6 Å². The minimum atomic E-state index is -0.604. The first-order valence-electron chi connectivity index (χ1n) is 12.0. The van der Waals surface area contributed by atoms with E-state index < -0.39 is 5.60 Å². The van der Waals surface area contributed by atoms with Crippen molar-refractivity contribution in [2.75, 3.05) is 53.7 Å². The number of ether oxygens (including phenoxy) is 5. The Balaban J connectivity index is 1.41. The summed E-state index contributed by atoms with van der Waals surface area (Å²) in [6.45, 7) is 6.78. The van der Waals surface area contributed by atoms with E-state index in [0.717, 1.165) is 23.7 Å². The SMILES string of the molecule is COc1ccc(CN2CCOC[C@](COc3cccc(Cl)c3)(OC)C2)cc1OCCn1ccnc1C. The Morgan fingerprint density at radius 3 is 2.75 bits per heavy atom. The van der Waals surface area contributed by atoms with Crippen molar-refractivity contribution in [2.45, 2.75) is 25.6 Å². The van der Waals surface area contributed by atoms with Crippen molar-refractivity contribution in [2.24, 2.45) is 0 Å². The van der Waals surface area contributed by atoms with Crippen LogP contribution in [0.2, 0.25) is 5.02 Å². The van der Waals surface area contributed by atoms with E-state index in [1.807, 2.05) is 43.5 Å². The Morgan fingerprint density at radius 1 is 1.11 bits per heavy atom. The lowest BCUT2D eigenvalue weighted by atomic mass is 10.1. The maximum absolute atomic E-state index is 6.11. The van der Waals surface area contributed by atoms with Gasteiger partial charge in [0, 0.05) is 44.2 Å². The molecule has 1 aliphatic heterocycles. The molecule has 3 aromatic rings. The van der Waals surface area contributed by atoms with Gasteiger partial charge in [-0.15, -0.1) is 0 Å². The minimum Gasteiger partial charge on any atom is -0.493 e. The zero-order valence-corrected chi connectivity index (χ0v) is 21.9. The summed E-state index contributed by atoms with van der Waals surface area (Å²) in [7, 11) is 3.36. The van der Waals surface area contributed by atoms with Gasteiger partial charge in [-0.3, -0.25) is 4.90 Å². The normalized spacial score (nSPS) is 18.6. The maximum Gasteiger partial charge on any atom is 0.161 e. The fraction of sp³-hybridized carbons (Fsp3) is 0.444. The van der Waals surface area contributed by atoms with E-state index in [9.17, 15) is 0 Å². The van der Waals surface area contributed by atoms with Gasteiger partial charge in [0.25, 0.3) is 0 Å². The minimum absolute atomic E-state index is 0.352. The van der Waals surface area contributed by atoms with Crippen molar-refractivity contribution < 1.29 is 23.7 Å². The van der Waals surface area contributed by atoms with E-state index in [2.05, 4.69) is 20.5 Å². The highest BCUT2D eigenvalue weighted by Gasteiger charge is 2.36. The molecule has 0 amide bonds. The number of rotatable bonds is 11. The van der Waals surface area contributed by atoms with Gasteiger partial charge in [0.05, 0.1) is 26.9 Å². The van der Waals surface area contributed by atoms with Gasteiger partial charge >= 0.3 is 0 Å². The number of nitrogens with zero attached hydrogens (tertiary/aromatic N) is 3. The molecule has 9 heteroatoms. The summed E-state index contributed by atoms with van der Waals surface area (Å²) in [4.78, 5) is 6.58. The Hall–Kier alpha value is -2.78. The van der Waals surface area contributed by atoms with Crippen molar-refractivity contribution in [3.8, 4) is 17.2 Å². The Kier molecular flexibility index (Phi) is 9.09. The van der Waals surface area contributed by atoms with Crippen molar-refractivity contribution >= 4 is 11.6 Å². The first-order chi connectivity index (χ1) is 17.5. The molecule has 0 bridgehead atoms. The number of halogens is 1. The first kappa shape index (κ1) is 26.3. The molecule has 1 saturated heterocycles. The molecule has 0 N–H and O–H groups in total. The van der Waals surface area contributed by atoms with Crippen molar-refractivity contribution in [1.29, 1.82) is 0 Å². The fourth-order valence-corrected chi connectivity index (χ4v) is 4.43. The van der Waals surface area contributed by atoms with E-state index in [4.69, 9.17) is 35.3 Å². The number of imidazole rings is 1. The van der Waals surface area contributed by atoms with Crippen LogP contribution in [0.4, 0.5) is 0 Å². The lowest BCUT2D eigenvalue weighted by Crippen LogP contribution is -2.50. The molecular formula is C27H34ClN3O5. The molecule has 1 atom stereocenters. The van der Waals surface area contributed by atoms with Crippen LogP contribution in [0.1, 0.15) is 11.4 Å². The third-order valence-electron chi connectivity index (χ3n) is 6.31. The predicted octanol–water partition coefficient (Wildman–Crippen LogP) is 4.23. The zero-order chi connectivity index (χ0) is 25.4. The Labute approximate surface area is 217 Å². The summed E-state index contributed by atoms with van der Waals surface area (Å²) >= 11 is 6.11.